The molecule has 0 aliphatic carbocycles. The summed E-state index contributed by atoms with van der Waals surface area (Å²) in [6.07, 6.45) is 0. The van der Waals surface area contributed by atoms with Gasteiger partial charge >= 0.3 is 0 Å². The molecule has 0 fully saturated rings. The van der Waals surface area contributed by atoms with E-state index in [1.165, 1.54) is 11.3 Å². The zero-order chi connectivity index (χ0) is 6.69. The highest BCUT2D eigenvalue weighted by Crippen LogP contribution is 2.25. The van der Waals surface area contributed by atoms with E-state index in [1.807, 2.05) is 18.4 Å². The topological polar surface area (TPSA) is 9.23 Å². The predicted molar refractivity (Wildman–Crippen MR) is 40.5 cm³/mol. The molecule has 0 spiro atoms. The molecule has 0 aliphatic rings. The molecule has 0 amide bonds. The van der Waals surface area contributed by atoms with Crippen molar-refractivity contribution in [3.05, 3.63) is 16.5 Å². The zero-order valence-corrected chi connectivity index (χ0v) is 6.63. The molecule has 3 heteroatoms. The first-order valence-corrected chi connectivity index (χ1v) is 3.95. The molecule has 0 saturated carbocycles. The van der Waals surface area contributed by atoms with Crippen molar-refractivity contribution in [1.29, 1.82) is 0 Å². The SMILES string of the molecule is CCOc1cc(Cl)cs1. The van der Waals surface area contributed by atoms with Gasteiger partial charge < -0.3 is 4.74 Å². The zero-order valence-electron chi connectivity index (χ0n) is 5.06. The van der Waals surface area contributed by atoms with Crippen LogP contribution in [-0.4, -0.2) is 6.61 Å². The molecule has 0 N–H and O–H groups in total. The normalized spacial score (nSPS) is 9.56. The fourth-order valence-electron chi connectivity index (χ4n) is 0.513. The third-order valence-electron chi connectivity index (χ3n) is 0.830. The van der Waals surface area contributed by atoms with Gasteiger partial charge in [0.2, 0.25) is 0 Å². The number of hydrogen-bond acceptors (Lipinski definition) is 2. The summed E-state index contributed by atoms with van der Waals surface area (Å²) in [5, 5.41) is 3.50. The van der Waals surface area contributed by atoms with Crippen molar-refractivity contribution in [1.82, 2.24) is 0 Å². The van der Waals surface area contributed by atoms with Gasteiger partial charge in [-0.3, -0.25) is 0 Å². The Hall–Kier alpha value is -0.210. The van der Waals surface area contributed by atoms with Crippen LogP contribution in [0.5, 0.6) is 5.06 Å². The highest BCUT2D eigenvalue weighted by atomic mass is 35.5. The molecule has 1 rings (SSSR count). The first kappa shape index (κ1) is 6.90. The Kier molecular flexibility index (Phi) is 2.37. The second-order valence-electron chi connectivity index (χ2n) is 1.52. The summed E-state index contributed by atoms with van der Waals surface area (Å²) in [5.74, 6) is 0. The van der Waals surface area contributed by atoms with E-state index in [4.69, 9.17) is 16.3 Å². The number of rotatable bonds is 2. The molecule has 0 bridgehead atoms. The third kappa shape index (κ3) is 1.88. The van der Waals surface area contributed by atoms with Crippen molar-refractivity contribution < 1.29 is 4.74 Å². The van der Waals surface area contributed by atoms with Gasteiger partial charge in [0.05, 0.1) is 11.6 Å². The fourth-order valence-corrected chi connectivity index (χ4v) is 1.49. The molecule has 50 valence electrons. The average Bonchev–Trinajstić information content (AvgIpc) is 2.17. The maximum absolute atomic E-state index is 5.63. The first-order valence-electron chi connectivity index (χ1n) is 2.69. The molecule has 0 saturated heterocycles. The average molecular weight is 163 g/mol. The van der Waals surface area contributed by atoms with Gasteiger partial charge in [0, 0.05) is 11.4 Å². The minimum absolute atomic E-state index is 0.705. The van der Waals surface area contributed by atoms with Crippen LogP contribution in [0.3, 0.4) is 0 Å². The van der Waals surface area contributed by atoms with Crippen molar-refractivity contribution in [3.63, 3.8) is 0 Å². The summed E-state index contributed by atoms with van der Waals surface area (Å²) in [5.41, 5.74) is 0. The molecule has 9 heavy (non-hydrogen) atoms. The van der Waals surface area contributed by atoms with Gasteiger partial charge in [0.25, 0.3) is 0 Å². The molecule has 0 atom stereocenters. The van der Waals surface area contributed by atoms with Gasteiger partial charge in [-0.25, -0.2) is 0 Å². The van der Waals surface area contributed by atoms with Crippen LogP contribution in [0.15, 0.2) is 11.4 Å². The molecule has 0 aliphatic heterocycles. The summed E-state index contributed by atoms with van der Waals surface area (Å²) in [6, 6.07) is 1.82. The second kappa shape index (κ2) is 3.08. The molecule has 0 unspecified atom stereocenters. The Labute approximate surface area is 63.2 Å². The lowest BCUT2D eigenvalue weighted by atomic mass is 10.6. The Bertz CT molecular complexity index is 185. The lowest BCUT2D eigenvalue weighted by Crippen LogP contribution is -1.86. The molecule has 1 aromatic rings. The third-order valence-corrected chi connectivity index (χ3v) is 2.02. The van der Waals surface area contributed by atoms with Crippen LogP contribution in [-0.2, 0) is 0 Å². The summed E-state index contributed by atoms with van der Waals surface area (Å²) < 4.78 is 5.16. The van der Waals surface area contributed by atoms with Crippen LogP contribution in [0.4, 0.5) is 0 Å². The predicted octanol–water partition coefficient (Wildman–Crippen LogP) is 2.80. The van der Waals surface area contributed by atoms with E-state index in [1.54, 1.807) is 0 Å². The van der Waals surface area contributed by atoms with E-state index in [9.17, 15) is 0 Å². The quantitative estimate of drug-likeness (QED) is 0.650. The molecular formula is C6H7ClOS. The van der Waals surface area contributed by atoms with Gasteiger partial charge in [-0.15, -0.1) is 11.3 Å². The van der Waals surface area contributed by atoms with Gasteiger partial charge in [-0.1, -0.05) is 11.6 Å². The molecule has 1 heterocycles. The Morgan fingerprint density at radius 2 is 2.56 bits per heavy atom. The maximum atomic E-state index is 5.63. The standard InChI is InChI=1S/C6H7ClOS/c1-2-8-6-3-5(7)4-9-6/h3-4H,2H2,1H3. The number of halogens is 1. The molecule has 0 radical (unpaired) electrons. The van der Waals surface area contributed by atoms with E-state index in [0.717, 1.165) is 10.1 Å². The van der Waals surface area contributed by atoms with Crippen molar-refractivity contribution in [2.45, 2.75) is 6.92 Å². The van der Waals surface area contributed by atoms with Crippen molar-refractivity contribution >= 4 is 22.9 Å². The first-order chi connectivity index (χ1) is 4.33. The van der Waals surface area contributed by atoms with E-state index in [-0.39, 0.29) is 0 Å². The highest BCUT2D eigenvalue weighted by Gasteiger charge is 1.94. The van der Waals surface area contributed by atoms with Crippen LogP contribution in [0, 0.1) is 0 Å². The minimum Gasteiger partial charge on any atom is -0.484 e. The highest BCUT2D eigenvalue weighted by molar-refractivity contribution is 7.12. The van der Waals surface area contributed by atoms with Gasteiger partial charge in [-0.05, 0) is 6.92 Å². The molecule has 0 aromatic carbocycles. The van der Waals surface area contributed by atoms with E-state index in [0.29, 0.717) is 6.61 Å². The lowest BCUT2D eigenvalue weighted by molar-refractivity contribution is 0.350. The van der Waals surface area contributed by atoms with Crippen LogP contribution < -0.4 is 4.74 Å². The van der Waals surface area contributed by atoms with E-state index < -0.39 is 0 Å². The van der Waals surface area contributed by atoms with E-state index >= 15 is 0 Å². The van der Waals surface area contributed by atoms with Crippen molar-refractivity contribution in [2.75, 3.05) is 6.61 Å². The fraction of sp³-hybridized carbons (Fsp3) is 0.333. The summed E-state index contributed by atoms with van der Waals surface area (Å²) in [7, 11) is 0. The van der Waals surface area contributed by atoms with Gasteiger partial charge in [0.1, 0.15) is 0 Å². The lowest BCUT2D eigenvalue weighted by Gasteiger charge is -1.93. The van der Waals surface area contributed by atoms with Crippen LogP contribution in [0.1, 0.15) is 6.92 Å². The number of ether oxygens (including phenoxy) is 1. The molecule has 1 nitrogen and oxygen atoms in total. The molecular weight excluding hydrogens is 156 g/mol. The maximum Gasteiger partial charge on any atom is 0.175 e. The number of thiophene rings is 1. The Morgan fingerprint density at radius 1 is 1.78 bits per heavy atom. The minimum atomic E-state index is 0.705. The summed E-state index contributed by atoms with van der Waals surface area (Å²) in [6.45, 7) is 2.66. The van der Waals surface area contributed by atoms with Gasteiger partial charge in [0.15, 0.2) is 5.06 Å². The van der Waals surface area contributed by atoms with E-state index in [2.05, 4.69) is 0 Å². The summed E-state index contributed by atoms with van der Waals surface area (Å²) >= 11 is 7.15. The van der Waals surface area contributed by atoms with Crippen LogP contribution in [0.2, 0.25) is 5.02 Å². The monoisotopic (exact) mass is 162 g/mol. The number of hydrogen-bond donors (Lipinski definition) is 0. The van der Waals surface area contributed by atoms with Crippen molar-refractivity contribution in [3.8, 4) is 5.06 Å². The van der Waals surface area contributed by atoms with Crippen LogP contribution >= 0.6 is 22.9 Å². The Morgan fingerprint density at radius 3 is 3.00 bits per heavy atom. The van der Waals surface area contributed by atoms with Gasteiger partial charge in [-0.2, -0.15) is 0 Å². The largest absolute Gasteiger partial charge is 0.484 e. The molecule has 1 aromatic heterocycles. The second-order valence-corrected chi connectivity index (χ2v) is 2.83. The van der Waals surface area contributed by atoms with Crippen molar-refractivity contribution in [2.24, 2.45) is 0 Å². The smallest absolute Gasteiger partial charge is 0.175 e. The van der Waals surface area contributed by atoms with Crippen LogP contribution in [0.25, 0.3) is 0 Å². The Balaban J connectivity index is 2.61. The summed E-state index contributed by atoms with van der Waals surface area (Å²) in [4.78, 5) is 0.